The molecular weight excluding hydrogens is 424 g/mol. The van der Waals surface area contributed by atoms with E-state index in [0.29, 0.717) is 0 Å². The molecule has 0 bridgehead atoms. The summed E-state index contributed by atoms with van der Waals surface area (Å²) in [6.07, 6.45) is -5.42. The van der Waals surface area contributed by atoms with Gasteiger partial charge in [-0.05, 0) is 42.0 Å². The van der Waals surface area contributed by atoms with Crippen molar-refractivity contribution in [3.8, 4) is 0 Å². The second-order valence-corrected chi connectivity index (χ2v) is 6.80. The Bertz CT molecular complexity index is 1010. The van der Waals surface area contributed by atoms with Crippen LogP contribution in [0, 0.1) is 11.7 Å². The number of urea groups is 1. The van der Waals surface area contributed by atoms with E-state index in [-0.39, 0.29) is 16.7 Å². The number of ether oxygens (including phenoxy) is 1. The molecule has 0 saturated carbocycles. The number of benzene rings is 2. The number of halogens is 4. The zero-order chi connectivity index (χ0) is 23.0. The molecule has 0 aromatic heterocycles. The minimum atomic E-state index is -5.42. The van der Waals surface area contributed by atoms with Gasteiger partial charge in [-0.25, -0.2) is 14.0 Å². The molecule has 31 heavy (non-hydrogen) atoms. The van der Waals surface area contributed by atoms with E-state index < -0.39 is 47.5 Å². The van der Waals surface area contributed by atoms with Crippen molar-refractivity contribution in [3.63, 3.8) is 0 Å². The molecule has 1 aliphatic heterocycles. The first-order valence-electron chi connectivity index (χ1n) is 8.84. The predicted octanol–water partition coefficient (Wildman–Crippen LogP) is 2.72. The summed E-state index contributed by atoms with van der Waals surface area (Å²) in [5.74, 6) is -4.87. The van der Waals surface area contributed by atoms with Gasteiger partial charge in [0.05, 0.1) is 18.7 Å². The summed E-state index contributed by atoms with van der Waals surface area (Å²) in [7, 11) is 1.14. The largest absolute Gasteiger partial charge is 0.465 e. The van der Waals surface area contributed by atoms with Crippen LogP contribution in [0.25, 0.3) is 0 Å². The van der Waals surface area contributed by atoms with Gasteiger partial charge in [-0.1, -0.05) is 12.1 Å². The monoisotopic (exact) mass is 440 g/mol. The zero-order valence-electron chi connectivity index (χ0n) is 15.9. The van der Waals surface area contributed by atoms with Crippen LogP contribution in [0.4, 0.5) is 22.4 Å². The molecule has 2 amide bonds. The molecule has 0 aliphatic carbocycles. The molecule has 0 unspecified atom stereocenters. The van der Waals surface area contributed by atoms with Crippen LogP contribution in [0.15, 0.2) is 48.5 Å². The third-order valence-electron chi connectivity index (χ3n) is 4.91. The van der Waals surface area contributed by atoms with Gasteiger partial charge in [0.1, 0.15) is 11.7 Å². The summed E-state index contributed by atoms with van der Waals surface area (Å²) in [6, 6.07) is 5.67. The number of carbonyl (C=O) groups is 3. The molecule has 0 radical (unpaired) electrons. The number of ketones is 1. The fourth-order valence-electron chi connectivity index (χ4n) is 3.35. The first-order chi connectivity index (χ1) is 14.5. The summed E-state index contributed by atoms with van der Waals surface area (Å²) in [6.45, 7) is 0. The molecule has 1 fully saturated rings. The quantitative estimate of drug-likeness (QED) is 0.385. The summed E-state index contributed by atoms with van der Waals surface area (Å²) in [5, 5.41) is 14.1. The summed E-state index contributed by atoms with van der Waals surface area (Å²) >= 11 is 0. The molecule has 1 heterocycles. The van der Waals surface area contributed by atoms with Gasteiger partial charge in [-0.3, -0.25) is 4.79 Å². The topological polar surface area (TPSA) is 105 Å². The number of amides is 2. The predicted molar refractivity (Wildman–Crippen MR) is 97.4 cm³/mol. The average Bonchev–Trinajstić information content (AvgIpc) is 2.72. The fraction of sp³-hybridized carbons (Fsp3) is 0.250. The molecule has 3 rings (SSSR count). The van der Waals surface area contributed by atoms with E-state index >= 15 is 0 Å². The van der Waals surface area contributed by atoms with Crippen LogP contribution >= 0.6 is 0 Å². The molecule has 7 nitrogen and oxygen atoms in total. The molecule has 3 atom stereocenters. The van der Waals surface area contributed by atoms with E-state index in [1.165, 1.54) is 29.6 Å². The molecule has 2 aromatic carbocycles. The van der Waals surface area contributed by atoms with Crippen LogP contribution in [0.2, 0.25) is 0 Å². The first kappa shape index (κ1) is 22.2. The fourth-order valence-corrected chi connectivity index (χ4v) is 3.35. The number of hydrogen-bond donors (Lipinski definition) is 3. The lowest BCUT2D eigenvalue weighted by Gasteiger charge is -2.45. The van der Waals surface area contributed by atoms with Crippen molar-refractivity contribution in [3.05, 3.63) is 71.0 Å². The van der Waals surface area contributed by atoms with Gasteiger partial charge < -0.3 is 20.5 Å². The van der Waals surface area contributed by atoms with E-state index in [1.807, 2.05) is 0 Å². The molecule has 0 spiro atoms. The number of aliphatic hydroxyl groups is 1. The molecule has 1 saturated heterocycles. The Morgan fingerprint density at radius 2 is 1.58 bits per heavy atom. The van der Waals surface area contributed by atoms with Gasteiger partial charge >= 0.3 is 18.2 Å². The Balaban J connectivity index is 2.12. The highest BCUT2D eigenvalue weighted by molar-refractivity contribution is 6.00. The number of methoxy groups -OCH3 is 1. The standard InChI is InChI=1S/C20H16F4N2O5/c1-31-17(28)12-4-2-10(3-5-12)15-14(16(27)11-6-8-13(21)9-7-11)19(30,20(22,23)24)26-18(29)25-15/h2-9,14-15,30H,1H3,(H2,25,26,29)/t14-,15-,19-/m0/s1. The average molecular weight is 440 g/mol. The van der Waals surface area contributed by atoms with Crippen LogP contribution < -0.4 is 10.6 Å². The first-order valence-corrected chi connectivity index (χ1v) is 8.84. The van der Waals surface area contributed by atoms with Crippen molar-refractivity contribution in [2.45, 2.75) is 17.9 Å². The SMILES string of the molecule is COC(=O)c1ccc([C@@H]2NC(=O)N[C@@](O)(C(F)(F)F)[C@@H]2C(=O)c2ccc(F)cc2)cc1. The number of nitrogens with one attached hydrogen (secondary N) is 2. The Morgan fingerprint density at radius 1 is 1.03 bits per heavy atom. The number of alkyl halides is 3. The third-order valence-corrected chi connectivity index (χ3v) is 4.91. The summed E-state index contributed by atoms with van der Waals surface area (Å²) in [4.78, 5) is 36.6. The van der Waals surface area contributed by atoms with Crippen LogP contribution in [0.1, 0.15) is 32.3 Å². The minimum Gasteiger partial charge on any atom is -0.465 e. The van der Waals surface area contributed by atoms with Crippen molar-refractivity contribution in [1.29, 1.82) is 0 Å². The highest BCUT2D eigenvalue weighted by Crippen LogP contribution is 2.44. The lowest BCUT2D eigenvalue weighted by Crippen LogP contribution is -2.72. The Morgan fingerprint density at radius 3 is 2.10 bits per heavy atom. The Labute approximate surface area is 173 Å². The molecule has 3 N–H and O–H groups in total. The van der Waals surface area contributed by atoms with Gasteiger partial charge in [0.25, 0.3) is 0 Å². The Kier molecular flexibility index (Phi) is 5.72. The molecule has 11 heteroatoms. The smallest absolute Gasteiger partial charge is 0.437 e. The summed E-state index contributed by atoms with van der Waals surface area (Å²) < 4.78 is 59.2. The molecule has 164 valence electrons. The second-order valence-electron chi connectivity index (χ2n) is 6.80. The highest BCUT2D eigenvalue weighted by atomic mass is 19.4. The maximum Gasteiger partial charge on any atom is 0.437 e. The zero-order valence-corrected chi connectivity index (χ0v) is 15.9. The number of esters is 1. The second kappa shape index (κ2) is 7.99. The van der Waals surface area contributed by atoms with Crippen LogP contribution in [-0.4, -0.2) is 41.9 Å². The number of hydrogen-bond acceptors (Lipinski definition) is 5. The molecule has 2 aromatic rings. The lowest BCUT2D eigenvalue weighted by molar-refractivity contribution is -0.287. The maximum atomic E-state index is 13.8. The van der Waals surface area contributed by atoms with Crippen molar-refractivity contribution < 1.29 is 41.8 Å². The van der Waals surface area contributed by atoms with Gasteiger partial charge in [0.2, 0.25) is 5.72 Å². The van der Waals surface area contributed by atoms with Gasteiger partial charge in [-0.2, -0.15) is 13.2 Å². The summed E-state index contributed by atoms with van der Waals surface area (Å²) in [5.41, 5.74) is -4.11. The normalized spacial score (nSPS) is 23.5. The number of rotatable bonds is 4. The lowest BCUT2D eigenvalue weighted by atomic mass is 9.77. The van der Waals surface area contributed by atoms with Crippen molar-refractivity contribution in [2.24, 2.45) is 5.92 Å². The van der Waals surface area contributed by atoms with Crippen LogP contribution in [0.5, 0.6) is 0 Å². The van der Waals surface area contributed by atoms with Crippen LogP contribution in [0.3, 0.4) is 0 Å². The van der Waals surface area contributed by atoms with E-state index in [4.69, 9.17) is 0 Å². The minimum absolute atomic E-state index is 0.0191. The van der Waals surface area contributed by atoms with E-state index in [0.717, 1.165) is 31.4 Å². The highest BCUT2D eigenvalue weighted by Gasteiger charge is 2.66. The van der Waals surface area contributed by atoms with Crippen molar-refractivity contribution in [2.75, 3.05) is 7.11 Å². The third kappa shape index (κ3) is 4.08. The van der Waals surface area contributed by atoms with Crippen LogP contribution in [-0.2, 0) is 4.74 Å². The van der Waals surface area contributed by atoms with Gasteiger partial charge in [0, 0.05) is 5.56 Å². The van der Waals surface area contributed by atoms with Gasteiger partial charge in [0.15, 0.2) is 5.78 Å². The molecular formula is C20H16F4N2O5. The van der Waals surface area contributed by atoms with E-state index in [9.17, 15) is 37.1 Å². The van der Waals surface area contributed by atoms with E-state index in [1.54, 1.807) is 0 Å². The Hall–Kier alpha value is -3.47. The van der Waals surface area contributed by atoms with E-state index in [2.05, 4.69) is 10.1 Å². The maximum absolute atomic E-state index is 13.8. The van der Waals surface area contributed by atoms with Crippen molar-refractivity contribution in [1.82, 2.24) is 10.6 Å². The number of carbonyl (C=O) groups excluding carboxylic acids is 3. The van der Waals surface area contributed by atoms with Crippen molar-refractivity contribution >= 4 is 17.8 Å². The van der Waals surface area contributed by atoms with Gasteiger partial charge in [-0.15, -0.1) is 0 Å². The number of Topliss-reactive ketones (excluding diaryl/α,β-unsaturated/α-hetero) is 1. The molecule has 1 aliphatic rings.